The van der Waals surface area contributed by atoms with Gasteiger partial charge in [0.05, 0.1) is 13.2 Å². The van der Waals surface area contributed by atoms with Crippen molar-refractivity contribution in [3.05, 3.63) is 65.7 Å². The Morgan fingerprint density at radius 2 is 1.86 bits per heavy atom. The average Bonchev–Trinajstić information content (AvgIpc) is 2.50. The number of hydrogen-bond donors (Lipinski definition) is 1. The molecule has 0 aromatic heterocycles. The minimum absolute atomic E-state index is 0.433. The predicted molar refractivity (Wildman–Crippen MR) is 86.0 cm³/mol. The molecule has 1 heterocycles. The summed E-state index contributed by atoms with van der Waals surface area (Å²) in [5.74, 6) is 0. The number of ether oxygens (including phenoxy) is 1. The molecule has 3 nitrogen and oxygen atoms in total. The van der Waals surface area contributed by atoms with E-state index in [1.165, 1.54) is 11.1 Å². The number of rotatable bonds is 4. The van der Waals surface area contributed by atoms with Crippen molar-refractivity contribution >= 4 is 5.69 Å². The number of nitrogens with zero attached hydrogens (tertiary/aromatic N) is 1. The molecule has 0 amide bonds. The molecule has 21 heavy (non-hydrogen) atoms. The highest BCUT2D eigenvalue weighted by molar-refractivity contribution is 5.40. The van der Waals surface area contributed by atoms with Gasteiger partial charge in [0.15, 0.2) is 0 Å². The molecule has 2 aromatic rings. The molecule has 2 aromatic carbocycles. The molecule has 0 saturated carbocycles. The summed E-state index contributed by atoms with van der Waals surface area (Å²) in [7, 11) is 0. The van der Waals surface area contributed by atoms with Crippen LogP contribution in [0.25, 0.3) is 0 Å². The number of hydrogen-bond acceptors (Lipinski definition) is 3. The molecule has 1 unspecified atom stereocenters. The molecular formula is C18H22N2O. The zero-order valence-electron chi connectivity index (χ0n) is 12.2. The number of morpholine rings is 1. The Labute approximate surface area is 126 Å². The van der Waals surface area contributed by atoms with Gasteiger partial charge >= 0.3 is 0 Å². The van der Waals surface area contributed by atoms with Crippen LogP contribution in [0.4, 0.5) is 5.69 Å². The quantitative estimate of drug-likeness (QED) is 0.876. The first-order chi connectivity index (χ1) is 10.3. The van der Waals surface area contributed by atoms with Crippen molar-refractivity contribution in [2.75, 3.05) is 25.5 Å². The van der Waals surface area contributed by atoms with Crippen LogP contribution in [-0.2, 0) is 17.7 Å². The maximum absolute atomic E-state index is 5.88. The predicted octanol–water partition coefficient (Wildman–Crippen LogP) is 2.71. The lowest BCUT2D eigenvalue weighted by Gasteiger charge is -2.35. The molecule has 110 valence electrons. The zero-order chi connectivity index (χ0) is 14.5. The molecular weight excluding hydrogens is 260 g/mol. The number of anilines is 1. The monoisotopic (exact) mass is 282 g/mol. The molecule has 0 bridgehead atoms. The van der Waals surface area contributed by atoms with Crippen molar-refractivity contribution in [2.45, 2.75) is 19.0 Å². The fraction of sp³-hybridized carbons (Fsp3) is 0.333. The van der Waals surface area contributed by atoms with Crippen LogP contribution in [0.1, 0.15) is 11.1 Å². The van der Waals surface area contributed by atoms with Gasteiger partial charge in [-0.15, -0.1) is 0 Å². The normalized spacial score (nSPS) is 19.5. The van der Waals surface area contributed by atoms with Crippen molar-refractivity contribution < 1.29 is 4.74 Å². The Hall–Kier alpha value is -1.84. The first-order valence-electron chi connectivity index (χ1n) is 7.51. The van der Waals surface area contributed by atoms with Gasteiger partial charge in [0.1, 0.15) is 0 Å². The van der Waals surface area contributed by atoms with Crippen LogP contribution < -0.4 is 5.73 Å². The fourth-order valence-electron chi connectivity index (χ4n) is 2.90. The summed E-state index contributed by atoms with van der Waals surface area (Å²) in [5.41, 5.74) is 9.35. The lowest BCUT2D eigenvalue weighted by Crippen LogP contribution is -2.46. The average molecular weight is 282 g/mol. The minimum atomic E-state index is 0.433. The van der Waals surface area contributed by atoms with E-state index in [2.05, 4.69) is 47.4 Å². The van der Waals surface area contributed by atoms with E-state index in [9.17, 15) is 0 Å². The lowest BCUT2D eigenvalue weighted by atomic mass is 10.0. The van der Waals surface area contributed by atoms with Gasteiger partial charge in [0.2, 0.25) is 0 Å². The molecule has 1 aliphatic heterocycles. The fourth-order valence-corrected chi connectivity index (χ4v) is 2.90. The highest BCUT2D eigenvalue weighted by Crippen LogP contribution is 2.17. The smallest absolute Gasteiger partial charge is 0.0625 e. The summed E-state index contributed by atoms with van der Waals surface area (Å²) in [6.07, 6.45) is 1.03. The van der Waals surface area contributed by atoms with Crippen molar-refractivity contribution in [1.82, 2.24) is 4.90 Å². The maximum Gasteiger partial charge on any atom is 0.0625 e. The molecule has 2 N–H and O–H groups in total. The van der Waals surface area contributed by atoms with E-state index in [4.69, 9.17) is 10.5 Å². The van der Waals surface area contributed by atoms with Gasteiger partial charge in [-0.25, -0.2) is 0 Å². The van der Waals surface area contributed by atoms with Gasteiger partial charge in [-0.3, -0.25) is 4.90 Å². The molecule has 1 saturated heterocycles. The highest BCUT2D eigenvalue weighted by atomic mass is 16.5. The van der Waals surface area contributed by atoms with Crippen LogP contribution in [0, 0.1) is 0 Å². The first kappa shape index (κ1) is 14.1. The molecule has 3 heteroatoms. The van der Waals surface area contributed by atoms with Crippen molar-refractivity contribution in [2.24, 2.45) is 0 Å². The third-order valence-corrected chi connectivity index (χ3v) is 4.00. The van der Waals surface area contributed by atoms with E-state index in [1.54, 1.807) is 0 Å². The Morgan fingerprint density at radius 1 is 1.05 bits per heavy atom. The summed E-state index contributed by atoms with van der Waals surface area (Å²) >= 11 is 0. The number of benzene rings is 2. The number of nitrogen functional groups attached to an aromatic ring is 1. The lowest BCUT2D eigenvalue weighted by molar-refractivity contribution is -0.0112. The Morgan fingerprint density at radius 3 is 2.67 bits per heavy atom. The Balaban J connectivity index is 1.69. The van der Waals surface area contributed by atoms with Gasteiger partial charge in [-0.1, -0.05) is 42.5 Å². The second kappa shape index (κ2) is 6.74. The Kier molecular flexibility index (Phi) is 4.53. The summed E-state index contributed by atoms with van der Waals surface area (Å²) in [6, 6.07) is 19.2. The van der Waals surface area contributed by atoms with Crippen molar-refractivity contribution in [3.8, 4) is 0 Å². The standard InChI is InChI=1S/C18H22N2O/c19-17-8-4-7-16(11-17)13-20-9-10-21-14-18(20)12-15-5-2-1-3-6-15/h1-8,11,18H,9-10,12-14,19H2. The van der Waals surface area contributed by atoms with E-state index in [0.29, 0.717) is 6.04 Å². The van der Waals surface area contributed by atoms with E-state index < -0.39 is 0 Å². The SMILES string of the molecule is Nc1cccc(CN2CCOCC2Cc2ccccc2)c1. The maximum atomic E-state index is 5.88. The summed E-state index contributed by atoms with van der Waals surface area (Å²) in [6.45, 7) is 3.53. The first-order valence-corrected chi connectivity index (χ1v) is 7.51. The van der Waals surface area contributed by atoms with Crippen LogP contribution in [0.2, 0.25) is 0 Å². The van der Waals surface area contributed by atoms with E-state index >= 15 is 0 Å². The van der Waals surface area contributed by atoms with E-state index in [0.717, 1.165) is 38.4 Å². The molecule has 0 spiro atoms. The molecule has 1 atom stereocenters. The largest absolute Gasteiger partial charge is 0.399 e. The van der Waals surface area contributed by atoms with Gasteiger partial charge in [0, 0.05) is 24.8 Å². The van der Waals surface area contributed by atoms with Crippen LogP contribution in [-0.4, -0.2) is 30.7 Å². The van der Waals surface area contributed by atoms with Crippen molar-refractivity contribution in [3.63, 3.8) is 0 Å². The zero-order valence-corrected chi connectivity index (χ0v) is 12.2. The topological polar surface area (TPSA) is 38.5 Å². The van der Waals surface area contributed by atoms with Gasteiger partial charge < -0.3 is 10.5 Å². The summed E-state index contributed by atoms with van der Waals surface area (Å²) < 4.78 is 5.68. The third-order valence-electron chi connectivity index (χ3n) is 4.00. The van der Waals surface area contributed by atoms with Crippen LogP contribution in [0.3, 0.4) is 0 Å². The van der Waals surface area contributed by atoms with Crippen LogP contribution >= 0.6 is 0 Å². The molecule has 3 rings (SSSR count). The third kappa shape index (κ3) is 3.84. The van der Waals surface area contributed by atoms with Crippen LogP contribution in [0.5, 0.6) is 0 Å². The Bertz CT molecular complexity index is 570. The molecule has 0 radical (unpaired) electrons. The summed E-state index contributed by atoms with van der Waals surface area (Å²) in [4.78, 5) is 2.51. The number of nitrogens with two attached hydrogens (primary N) is 1. The van der Waals surface area contributed by atoms with Crippen molar-refractivity contribution in [1.29, 1.82) is 0 Å². The van der Waals surface area contributed by atoms with Gasteiger partial charge in [0.25, 0.3) is 0 Å². The highest BCUT2D eigenvalue weighted by Gasteiger charge is 2.23. The molecule has 1 fully saturated rings. The van der Waals surface area contributed by atoms with Crippen LogP contribution in [0.15, 0.2) is 54.6 Å². The second-order valence-electron chi connectivity index (χ2n) is 5.63. The van der Waals surface area contributed by atoms with E-state index in [-0.39, 0.29) is 0 Å². The summed E-state index contributed by atoms with van der Waals surface area (Å²) in [5, 5.41) is 0. The molecule has 0 aliphatic carbocycles. The van der Waals surface area contributed by atoms with Gasteiger partial charge in [-0.2, -0.15) is 0 Å². The van der Waals surface area contributed by atoms with Gasteiger partial charge in [-0.05, 0) is 29.7 Å². The molecule has 1 aliphatic rings. The minimum Gasteiger partial charge on any atom is -0.399 e. The van der Waals surface area contributed by atoms with E-state index in [1.807, 2.05) is 12.1 Å². The second-order valence-corrected chi connectivity index (χ2v) is 5.63.